The predicted octanol–water partition coefficient (Wildman–Crippen LogP) is 2.20. The molecule has 2 saturated heterocycles. The highest BCUT2D eigenvalue weighted by atomic mass is 16.6. The summed E-state index contributed by atoms with van der Waals surface area (Å²) in [6, 6.07) is 2.27. The van der Waals surface area contributed by atoms with E-state index in [0.717, 1.165) is 44.8 Å². The number of pyridine rings is 1. The Morgan fingerprint density at radius 2 is 1.70 bits per heavy atom. The van der Waals surface area contributed by atoms with Crippen LogP contribution in [-0.2, 0) is 4.74 Å². The second-order valence-electron chi connectivity index (χ2n) is 8.83. The molecule has 30 heavy (non-hydrogen) atoms. The first-order chi connectivity index (χ1) is 14.2. The number of nitrogens with zero attached hydrogens (tertiary/aromatic N) is 4. The van der Waals surface area contributed by atoms with Gasteiger partial charge in [-0.05, 0) is 33.6 Å². The number of hydrogen-bond donors (Lipinski definition) is 1. The molecule has 1 amide bonds. The standard InChI is InChI=1S/C21H35N5O4/c1-21(2,3)30-20(27)26-12-10-24(11-13-26)15-6-8-25(9-7-15)18-17(28-4)14-16(22)19(23-18)29-5/h14-15H,6-13,22H2,1-5H3. The predicted molar refractivity (Wildman–Crippen MR) is 116 cm³/mol. The van der Waals surface area contributed by atoms with E-state index >= 15 is 0 Å². The van der Waals surface area contributed by atoms with E-state index in [-0.39, 0.29) is 6.09 Å². The second kappa shape index (κ2) is 9.16. The summed E-state index contributed by atoms with van der Waals surface area (Å²) in [6.45, 7) is 10.6. The molecular weight excluding hydrogens is 386 g/mol. The SMILES string of the molecule is COc1cc(N)c(OC)nc1N1CCC(N2CCN(C(=O)OC(C)(C)C)CC2)CC1. The van der Waals surface area contributed by atoms with Crippen molar-refractivity contribution in [1.82, 2.24) is 14.8 Å². The second-order valence-corrected chi connectivity index (χ2v) is 8.83. The van der Waals surface area contributed by atoms with Gasteiger partial charge in [0.1, 0.15) is 5.60 Å². The number of amides is 1. The fourth-order valence-electron chi connectivity index (χ4n) is 4.06. The summed E-state index contributed by atoms with van der Waals surface area (Å²) in [5.41, 5.74) is 5.97. The molecule has 2 N–H and O–H groups in total. The molecule has 0 saturated carbocycles. The van der Waals surface area contributed by atoms with E-state index in [4.69, 9.17) is 19.9 Å². The minimum atomic E-state index is -0.457. The first-order valence-electron chi connectivity index (χ1n) is 10.6. The van der Waals surface area contributed by atoms with Crippen molar-refractivity contribution in [1.29, 1.82) is 0 Å². The van der Waals surface area contributed by atoms with Crippen molar-refractivity contribution >= 4 is 17.6 Å². The Balaban J connectivity index is 1.54. The van der Waals surface area contributed by atoms with E-state index in [1.807, 2.05) is 25.7 Å². The van der Waals surface area contributed by atoms with Crippen LogP contribution in [0.1, 0.15) is 33.6 Å². The van der Waals surface area contributed by atoms with E-state index in [1.54, 1.807) is 20.3 Å². The summed E-state index contributed by atoms with van der Waals surface area (Å²) >= 11 is 0. The Morgan fingerprint density at radius 1 is 1.07 bits per heavy atom. The maximum atomic E-state index is 12.3. The van der Waals surface area contributed by atoms with Crippen molar-refractivity contribution in [3.05, 3.63) is 6.07 Å². The third-order valence-electron chi connectivity index (χ3n) is 5.62. The quantitative estimate of drug-likeness (QED) is 0.791. The van der Waals surface area contributed by atoms with Crippen LogP contribution in [0.4, 0.5) is 16.3 Å². The topological polar surface area (TPSA) is 93.4 Å². The molecular formula is C21H35N5O4. The number of ether oxygens (including phenoxy) is 3. The van der Waals surface area contributed by atoms with Crippen LogP contribution >= 0.6 is 0 Å². The van der Waals surface area contributed by atoms with Gasteiger partial charge in [0, 0.05) is 51.4 Å². The van der Waals surface area contributed by atoms with Gasteiger partial charge in [0.2, 0.25) is 5.88 Å². The first kappa shape index (κ1) is 22.3. The summed E-state index contributed by atoms with van der Waals surface area (Å²) in [4.78, 5) is 23.4. The molecule has 9 nitrogen and oxygen atoms in total. The van der Waals surface area contributed by atoms with E-state index < -0.39 is 5.60 Å². The first-order valence-corrected chi connectivity index (χ1v) is 10.6. The molecule has 0 bridgehead atoms. The maximum Gasteiger partial charge on any atom is 0.410 e. The van der Waals surface area contributed by atoms with Crippen molar-refractivity contribution in [2.45, 2.75) is 45.3 Å². The van der Waals surface area contributed by atoms with Gasteiger partial charge in [-0.15, -0.1) is 0 Å². The summed E-state index contributed by atoms with van der Waals surface area (Å²) in [5, 5.41) is 0. The smallest absolute Gasteiger partial charge is 0.410 e. The van der Waals surface area contributed by atoms with Gasteiger partial charge in [-0.25, -0.2) is 4.79 Å². The third kappa shape index (κ3) is 5.19. The lowest BCUT2D eigenvalue weighted by Crippen LogP contribution is -2.55. The van der Waals surface area contributed by atoms with Gasteiger partial charge in [-0.1, -0.05) is 0 Å². The van der Waals surface area contributed by atoms with Gasteiger partial charge < -0.3 is 29.7 Å². The number of hydrogen-bond acceptors (Lipinski definition) is 8. The zero-order valence-electron chi connectivity index (χ0n) is 18.8. The van der Waals surface area contributed by atoms with Crippen molar-refractivity contribution < 1.29 is 19.0 Å². The minimum Gasteiger partial charge on any atom is -0.493 e. The van der Waals surface area contributed by atoms with Gasteiger partial charge in [-0.3, -0.25) is 4.90 Å². The van der Waals surface area contributed by atoms with Gasteiger partial charge >= 0.3 is 6.09 Å². The van der Waals surface area contributed by atoms with Crippen LogP contribution < -0.4 is 20.1 Å². The fraction of sp³-hybridized carbons (Fsp3) is 0.714. The molecule has 0 atom stereocenters. The lowest BCUT2D eigenvalue weighted by Gasteiger charge is -2.43. The Hall–Kier alpha value is -2.42. The number of piperazine rings is 1. The average Bonchev–Trinajstić information content (AvgIpc) is 2.72. The Labute approximate surface area is 179 Å². The van der Waals surface area contributed by atoms with Gasteiger partial charge in [0.15, 0.2) is 11.6 Å². The van der Waals surface area contributed by atoms with Crippen molar-refractivity contribution in [3.63, 3.8) is 0 Å². The fourth-order valence-corrected chi connectivity index (χ4v) is 4.06. The number of rotatable bonds is 4. The Kier molecular flexibility index (Phi) is 6.80. The van der Waals surface area contributed by atoms with E-state index in [2.05, 4.69) is 14.8 Å². The Bertz CT molecular complexity index is 736. The van der Waals surface area contributed by atoms with Crippen LogP contribution in [0.15, 0.2) is 6.07 Å². The zero-order chi connectivity index (χ0) is 21.9. The molecule has 0 spiro atoms. The molecule has 2 aliphatic rings. The van der Waals surface area contributed by atoms with Gasteiger partial charge in [0.05, 0.1) is 19.9 Å². The number of aromatic nitrogens is 1. The molecule has 9 heteroatoms. The molecule has 1 aromatic rings. The molecule has 0 radical (unpaired) electrons. The van der Waals surface area contributed by atoms with Crippen molar-refractivity contribution in [3.8, 4) is 11.6 Å². The summed E-state index contributed by atoms with van der Waals surface area (Å²) in [7, 11) is 3.20. The lowest BCUT2D eigenvalue weighted by molar-refractivity contribution is 0.00901. The highest BCUT2D eigenvalue weighted by molar-refractivity contribution is 5.68. The number of nitrogens with two attached hydrogens (primary N) is 1. The van der Waals surface area contributed by atoms with E-state index in [0.29, 0.717) is 36.4 Å². The normalized spacial score (nSPS) is 19.0. The van der Waals surface area contributed by atoms with Crippen LogP contribution in [0.25, 0.3) is 0 Å². The monoisotopic (exact) mass is 421 g/mol. The number of carbonyl (C=O) groups excluding carboxylic acids is 1. The van der Waals surface area contributed by atoms with Crippen LogP contribution in [-0.4, -0.2) is 86.0 Å². The number of anilines is 2. The van der Waals surface area contributed by atoms with Crippen LogP contribution in [0.5, 0.6) is 11.6 Å². The largest absolute Gasteiger partial charge is 0.493 e. The van der Waals surface area contributed by atoms with Crippen LogP contribution in [0.2, 0.25) is 0 Å². The van der Waals surface area contributed by atoms with Gasteiger partial charge in [-0.2, -0.15) is 4.98 Å². The highest BCUT2D eigenvalue weighted by Crippen LogP contribution is 2.35. The molecule has 0 aromatic carbocycles. The van der Waals surface area contributed by atoms with E-state index in [1.165, 1.54) is 0 Å². The number of methoxy groups -OCH3 is 2. The molecule has 3 rings (SSSR count). The highest BCUT2D eigenvalue weighted by Gasteiger charge is 2.31. The molecule has 0 unspecified atom stereocenters. The number of piperidine rings is 1. The zero-order valence-corrected chi connectivity index (χ0v) is 18.8. The summed E-state index contributed by atoms with van der Waals surface area (Å²) < 4.78 is 16.3. The molecule has 3 heterocycles. The molecule has 168 valence electrons. The summed E-state index contributed by atoms with van der Waals surface area (Å²) in [5.74, 6) is 1.86. The van der Waals surface area contributed by atoms with Crippen molar-refractivity contribution in [2.75, 3.05) is 64.1 Å². The Morgan fingerprint density at radius 3 is 2.23 bits per heavy atom. The molecule has 1 aromatic heterocycles. The average molecular weight is 422 g/mol. The molecule has 2 fully saturated rings. The molecule has 2 aliphatic heterocycles. The lowest BCUT2D eigenvalue weighted by atomic mass is 10.0. The van der Waals surface area contributed by atoms with Crippen LogP contribution in [0, 0.1) is 0 Å². The van der Waals surface area contributed by atoms with Crippen molar-refractivity contribution in [2.24, 2.45) is 0 Å². The minimum absolute atomic E-state index is 0.215. The van der Waals surface area contributed by atoms with Crippen LogP contribution in [0.3, 0.4) is 0 Å². The van der Waals surface area contributed by atoms with Gasteiger partial charge in [0.25, 0.3) is 0 Å². The maximum absolute atomic E-state index is 12.3. The van der Waals surface area contributed by atoms with E-state index in [9.17, 15) is 4.79 Å². The summed E-state index contributed by atoms with van der Waals surface area (Å²) in [6.07, 6.45) is 1.85. The molecule has 0 aliphatic carbocycles. The third-order valence-corrected chi connectivity index (χ3v) is 5.62. The number of nitrogen functional groups attached to an aromatic ring is 1. The number of carbonyl (C=O) groups is 1.